The third-order valence-electron chi connectivity index (χ3n) is 4.39. The summed E-state index contributed by atoms with van der Waals surface area (Å²) in [6, 6.07) is 3.81. The average molecular weight is 533 g/mol. The number of rotatable bonds is 7. The van der Waals surface area contributed by atoms with Crippen molar-refractivity contribution >= 4 is 36.0 Å². The average Bonchev–Trinajstić information content (AvgIpc) is 3.09. The molecule has 0 bridgehead atoms. The summed E-state index contributed by atoms with van der Waals surface area (Å²) in [5, 5.41) is 13.0. The molecule has 1 aliphatic heterocycles. The number of pyridine rings is 1. The molecule has 9 heteroatoms. The van der Waals surface area contributed by atoms with Gasteiger partial charge >= 0.3 is 6.09 Å². The van der Waals surface area contributed by atoms with Crippen LogP contribution in [0.1, 0.15) is 46.1 Å². The Morgan fingerprint density at radius 2 is 2.23 bits per heavy atom. The molecule has 0 radical (unpaired) electrons. The monoisotopic (exact) mass is 533 g/mol. The van der Waals surface area contributed by atoms with Crippen LogP contribution < -0.4 is 5.32 Å². The second kappa shape index (κ2) is 12.9. The highest BCUT2D eigenvalue weighted by Crippen LogP contribution is 2.13. The van der Waals surface area contributed by atoms with E-state index in [0.717, 1.165) is 31.0 Å². The van der Waals surface area contributed by atoms with Crippen molar-refractivity contribution < 1.29 is 14.6 Å². The molecule has 1 fully saturated rings. The summed E-state index contributed by atoms with van der Waals surface area (Å²) in [4.78, 5) is 25.2. The lowest BCUT2D eigenvalue weighted by Crippen LogP contribution is -2.40. The van der Waals surface area contributed by atoms with Gasteiger partial charge in [-0.1, -0.05) is 6.07 Å². The van der Waals surface area contributed by atoms with Crippen molar-refractivity contribution in [3.63, 3.8) is 0 Å². The quantitative estimate of drug-likeness (QED) is 0.243. The minimum atomic E-state index is -0.544. The van der Waals surface area contributed by atoms with Crippen LogP contribution in [0, 0.1) is 0 Å². The van der Waals surface area contributed by atoms with Gasteiger partial charge in [-0.05, 0) is 52.2 Å². The number of carbonyl (C=O) groups excluding carboxylic acids is 1. The molecule has 8 nitrogen and oxygen atoms in total. The van der Waals surface area contributed by atoms with Gasteiger partial charge in [-0.2, -0.15) is 0 Å². The Bertz CT molecular complexity index is 666. The number of halogens is 1. The highest BCUT2D eigenvalue weighted by atomic mass is 127. The van der Waals surface area contributed by atoms with E-state index >= 15 is 0 Å². The van der Waals surface area contributed by atoms with E-state index in [9.17, 15) is 9.90 Å². The number of likely N-dealkylation sites (tertiary alicyclic amines) is 1. The lowest BCUT2D eigenvalue weighted by atomic mass is 10.2. The Balaban J connectivity index is 0.00000450. The van der Waals surface area contributed by atoms with Crippen LogP contribution in [-0.2, 0) is 11.3 Å². The van der Waals surface area contributed by atoms with Gasteiger partial charge in [-0.25, -0.2) is 4.79 Å². The highest BCUT2D eigenvalue weighted by molar-refractivity contribution is 14.0. The van der Waals surface area contributed by atoms with Gasteiger partial charge in [0.2, 0.25) is 0 Å². The van der Waals surface area contributed by atoms with Crippen molar-refractivity contribution in [2.24, 2.45) is 4.99 Å². The Labute approximate surface area is 197 Å². The molecule has 1 saturated heterocycles. The number of amides is 1. The van der Waals surface area contributed by atoms with E-state index in [0.29, 0.717) is 32.6 Å². The third-order valence-corrected chi connectivity index (χ3v) is 4.39. The standard InChI is InChI=1S/C21H35N5O3.HI/c1-5-23-19(25-13-9-18(27)16-25)24-11-7-12-26(20(28)29-21(2,3)4)15-17-8-6-10-22-14-17;/h6,8,10,14,18,27H,5,7,9,11-13,15-16H2,1-4H3,(H,23,24);1H/t18-;/m1./s1. The molecule has 30 heavy (non-hydrogen) atoms. The Kier molecular flexibility index (Phi) is 11.4. The van der Waals surface area contributed by atoms with Crippen LogP contribution in [0.15, 0.2) is 29.5 Å². The van der Waals surface area contributed by atoms with Gasteiger partial charge in [-0.3, -0.25) is 9.98 Å². The molecule has 1 aliphatic rings. The first-order valence-electron chi connectivity index (χ1n) is 10.4. The number of carbonyl (C=O) groups is 1. The Hall–Kier alpha value is -1.62. The van der Waals surface area contributed by atoms with Crippen molar-refractivity contribution in [3.8, 4) is 0 Å². The molecule has 1 aromatic heterocycles. The Morgan fingerprint density at radius 3 is 2.80 bits per heavy atom. The lowest BCUT2D eigenvalue weighted by Gasteiger charge is -2.27. The van der Waals surface area contributed by atoms with E-state index in [1.54, 1.807) is 17.3 Å². The zero-order valence-corrected chi connectivity index (χ0v) is 20.8. The molecule has 2 heterocycles. The first kappa shape index (κ1) is 26.4. The van der Waals surface area contributed by atoms with E-state index in [1.165, 1.54) is 0 Å². The van der Waals surface area contributed by atoms with Gasteiger partial charge in [-0.15, -0.1) is 24.0 Å². The number of nitrogens with one attached hydrogen (secondary N) is 1. The number of aliphatic imine (C=N–C) groups is 1. The molecule has 1 amide bonds. The molecule has 0 aliphatic carbocycles. The molecular weight excluding hydrogens is 497 g/mol. The van der Waals surface area contributed by atoms with E-state index in [1.807, 2.05) is 39.8 Å². The summed E-state index contributed by atoms with van der Waals surface area (Å²) >= 11 is 0. The summed E-state index contributed by atoms with van der Waals surface area (Å²) in [5.74, 6) is 0.820. The first-order valence-corrected chi connectivity index (χ1v) is 10.4. The van der Waals surface area contributed by atoms with Crippen molar-refractivity contribution in [3.05, 3.63) is 30.1 Å². The van der Waals surface area contributed by atoms with Gasteiger partial charge in [0.25, 0.3) is 0 Å². The predicted molar refractivity (Wildman–Crippen MR) is 129 cm³/mol. The van der Waals surface area contributed by atoms with E-state index < -0.39 is 5.60 Å². The van der Waals surface area contributed by atoms with Crippen molar-refractivity contribution in [1.82, 2.24) is 20.1 Å². The number of hydrogen-bond donors (Lipinski definition) is 2. The number of hydrogen-bond acceptors (Lipinski definition) is 5. The van der Waals surface area contributed by atoms with Gasteiger partial charge in [0.1, 0.15) is 5.60 Å². The lowest BCUT2D eigenvalue weighted by molar-refractivity contribution is 0.0232. The minimum absolute atomic E-state index is 0. The number of ether oxygens (including phenoxy) is 1. The van der Waals surface area contributed by atoms with Crippen LogP contribution >= 0.6 is 24.0 Å². The normalized spacial score (nSPS) is 16.8. The summed E-state index contributed by atoms with van der Waals surface area (Å²) < 4.78 is 5.56. The predicted octanol–water partition coefficient (Wildman–Crippen LogP) is 2.86. The summed E-state index contributed by atoms with van der Waals surface area (Å²) in [6.45, 7) is 11.4. The summed E-state index contributed by atoms with van der Waals surface area (Å²) in [6.07, 6.45) is 4.33. The SMILES string of the molecule is CCNC(=NCCCN(Cc1cccnc1)C(=O)OC(C)(C)C)N1CC[C@@H](O)C1.I. The maximum absolute atomic E-state index is 12.6. The van der Waals surface area contributed by atoms with Crippen molar-refractivity contribution in [2.75, 3.05) is 32.7 Å². The van der Waals surface area contributed by atoms with Crippen LogP contribution in [0.4, 0.5) is 4.79 Å². The molecule has 1 aromatic rings. The number of β-amino-alcohol motifs (C(OH)–C–C–N with tert-alkyl or cyclic N) is 1. The van der Waals surface area contributed by atoms with Gasteiger partial charge in [0.15, 0.2) is 5.96 Å². The van der Waals surface area contributed by atoms with Gasteiger partial charge < -0.3 is 25.0 Å². The number of aliphatic hydroxyl groups is 1. The molecule has 0 saturated carbocycles. The number of aromatic nitrogens is 1. The second-order valence-electron chi connectivity index (χ2n) is 8.24. The zero-order valence-electron chi connectivity index (χ0n) is 18.5. The second-order valence-corrected chi connectivity index (χ2v) is 8.24. The van der Waals surface area contributed by atoms with Gasteiger partial charge in [0, 0.05) is 45.1 Å². The fraction of sp³-hybridized carbons (Fsp3) is 0.667. The highest BCUT2D eigenvalue weighted by Gasteiger charge is 2.24. The number of nitrogens with zero attached hydrogens (tertiary/aromatic N) is 4. The molecule has 0 unspecified atom stereocenters. The van der Waals surface area contributed by atoms with E-state index in [2.05, 4.69) is 20.2 Å². The molecule has 2 N–H and O–H groups in total. The fourth-order valence-corrected chi connectivity index (χ4v) is 3.08. The first-order chi connectivity index (χ1) is 13.8. The minimum Gasteiger partial charge on any atom is -0.444 e. The summed E-state index contributed by atoms with van der Waals surface area (Å²) in [7, 11) is 0. The third kappa shape index (κ3) is 9.46. The topological polar surface area (TPSA) is 90.3 Å². The number of guanidine groups is 1. The smallest absolute Gasteiger partial charge is 0.410 e. The van der Waals surface area contributed by atoms with Crippen LogP contribution in [0.25, 0.3) is 0 Å². The van der Waals surface area contributed by atoms with Crippen LogP contribution in [0.5, 0.6) is 0 Å². The van der Waals surface area contributed by atoms with Crippen LogP contribution in [0.3, 0.4) is 0 Å². The van der Waals surface area contributed by atoms with Crippen LogP contribution in [0.2, 0.25) is 0 Å². The Morgan fingerprint density at radius 1 is 1.47 bits per heavy atom. The van der Waals surface area contributed by atoms with E-state index in [4.69, 9.17) is 4.74 Å². The van der Waals surface area contributed by atoms with E-state index in [-0.39, 0.29) is 36.2 Å². The maximum Gasteiger partial charge on any atom is 0.410 e. The number of aliphatic hydroxyl groups excluding tert-OH is 1. The van der Waals surface area contributed by atoms with Crippen LogP contribution in [-0.4, -0.2) is 76.4 Å². The molecule has 1 atom stereocenters. The molecular formula is C21H36IN5O3. The molecule has 0 aromatic carbocycles. The van der Waals surface area contributed by atoms with Gasteiger partial charge in [0.05, 0.1) is 12.6 Å². The summed E-state index contributed by atoms with van der Waals surface area (Å²) in [5.41, 5.74) is 0.415. The molecule has 0 spiro atoms. The molecule has 170 valence electrons. The largest absolute Gasteiger partial charge is 0.444 e. The fourth-order valence-electron chi connectivity index (χ4n) is 3.08. The van der Waals surface area contributed by atoms with Crippen molar-refractivity contribution in [1.29, 1.82) is 0 Å². The zero-order chi connectivity index (χ0) is 21.3. The maximum atomic E-state index is 12.6. The van der Waals surface area contributed by atoms with Crippen molar-refractivity contribution in [2.45, 2.75) is 58.8 Å². The molecule has 2 rings (SSSR count).